The molecule has 2 aromatic carbocycles. The van der Waals surface area contributed by atoms with E-state index in [2.05, 4.69) is 27.9 Å². The molecule has 1 aromatic heterocycles. The Bertz CT molecular complexity index is 1470. The maximum atomic E-state index is 13.3. The molecule has 0 radical (unpaired) electrons. The number of nitrogens with one attached hydrogen (secondary N) is 1. The maximum Gasteiger partial charge on any atom is 0.256 e. The molecule has 37 heavy (non-hydrogen) atoms. The van der Waals surface area contributed by atoms with Gasteiger partial charge < -0.3 is 19.7 Å². The molecule has 1 fully saturated rings. The molecular weight excluding hydrogens is 484 g/mol. The Kier molecular flexibility index (Phi) is 6.72. The number of sulfone groups is 1. The Labute approximate surface area is 219 Å². The average molecular weight is 519 g/mol. The zero-order valence-corrected chi connectivity index (χ0v) is 22.7. The molecule has 0 aliphatic carbocycles. The molecule has 0 atom stereocenters. The van der Waals surface area contributed by atoms with E-state index >= 15 is 0 Å². The number of piperazine rings is 1. The van der Waals surface area contributed by atoms with Gasteiger partial charge >= 0.3 is 0 Å². The van der Waals surface area contributed by atoms with Gasteiger partial charge in [0.15, 0.2) is 9.84 Å². The van der Waals surface area contributed by atoms with Crippen molar-refractivity contribution in [2.75, 3.05) is 51.7 Å². The van der Waals surface area contributed by atoms with Crippen LogP contribution in [0.15, 0.2) is 53.4 Å². The number of hydrogen-bond donors (Lipinski definition) is 1. The number of aromatic nitrogens is 1. The zero-order chi connectivity index (χ0) is 26.3. The average Bonchev–Trinajstić information content (AvgIpc) is 3.33. The Morgan fingerprint density at radius 1 is 1.00 bits per heavy atom. The first-order valence-electron chi connectivity index (χ1n) is 12.6. The van der Waals surface area contributed by atoms with Crippen molar-refractivity contribution in [3.05, 3.63) is 82.2 Å². The van der Waals surface area contributed by atoms with Crippen molar-refractivity contribution >= 4 is 33.1 Å². The van der Waals surface area contributed by atoms with Crippen molar-refractivity contribution in [3.8, 4) is 0 Å². The van der Waals surface area contributed by atoms with Crippen LogP contribution in [-0.4, -0.2) is 75.9 Å². The number of rotatable bonds is 5. The van der Waals surface area contributed by atoms with Gasteiger partial charge in [-0.2, -0.15) is 0 Å². The predicted octanol–water partition coefficient (Wildman–Crippen LogP) is 3.98. The van der Waals surface area contributed by atoms with Crippen molar-refractivity contribution in [1.82, 2.24) is 14.8 Å². The van der Waals surface area contributed by atoms with Crippen LogP contribution in [0.1, 0.15) is 38.4 Å². The van der Waals surface area contributed by atoms with E-state index in [1.54, 1.807) is 12.1 Å². The van der Waals surface area contributed by atoms with Crippen molar-refractivity contribution in [2.45, 2.75) is 24.5 Å². The lowest BCUT2D eigenvalue weighted by molar-refractivity contribution is 0.0663. The largest absolute Gasteiger partial charge is 0.370 e. The van der Waals surface area contributed by atoms with Crippen molar-refractivity contribution < 1.29 is 13.2 Å². The number of likely N-dealkylation sites (N-methyl/N-ethyl adjacent to an activating group) is 2. The SMILES string of the molecule is Cc1[nH]c(/C=C2\CN(C)c3ccc(S(=O)(=O)Cc4ccccc4)cc32)c(C)c1C(=O)N1CCN(C)CC1. The Hall–Kier alpha value is -3.36. The van der Waals surface area contributed by atoms with Gasteiger partial charge in [-0.05, 0) is 61.9 Å². The summed E-state index contributed by atoms with van der Waals surface area (Å²) in [4.78, 5) is 23.4. The maximum absolute atomic E-state index is 13.3. The number of benzene rings is 2. The first-order valence-corrected chi connectivity index (χ1v) is 14.3. The number of H-pyrrole nitrogens is 1. The number of fused-ring (bicyclic) bond motifs is 1. The van der Waals surface area contributed by atoms with Gasteiger partial charge in [-0.1, -0.05) is 30.3 Å². The molecule has 0 spiro atoms. The van der Waals surface area contributed by atoms with Gasteiger partial charge in [0.1, 0.15) is 0 Å². The van der Waals surface area contributed by atoms with Crippen LogP contribution in [0.2, 0.25) is 0 Å². The molecule has 5 rings (SSSR count). The number of hydrogen-bond acceptors (Lipinski definition) is 5. The Morgan fingerprint density at radius 2 is 1.70 bits per heavy atom. The second-order valence-electron chi connectivity index (χ2n) is 10.2. The number of nitrogens with zero attached hydrogens (tertiary/aromatic N) is 3. The Balaban J connectivity index is 1.46. The molecule has 7 nitrogen and oxygen atoms in total. The van der Waals surface area contributed by atoms with Crippen molar-refractivity contribution in [2.24, 2.45) is 0 Å². The van der Waals surface area contributed by atoms with Gasteiger partial charge in [0.2, 0.25) is 0 Å². The van der Waals surface area contributed by atoms with E-state index in [1.807, 2.05) is 62.2 Å². The number of carbonyl (C=O) groups is 1. The smallest absolute Gasteiger partial charge is 0.256 e. The Morgan fingerprint density at radius 3 is 2.41 bits per heavy atom. The van der Waals surface area contributed by atoms with E-state index in [0.717, 1.165) is 71.1 Å². The van der Waals surface area contributed by atoms with Crippen LogP contribution in [0.4, 0.5) is 5.69 Å². The van der Waals surface area contributed by atoms with Crippen LogP contribution in [0.3, 0.4) is 0 Å². The minimum absolute atomic E-state index is 0.0335. The first kappa shape index (κ1) is 25.3. The van der Waals surface area contributed by atoms with Crippen molar-refractivity contribution in [3.63, 3.8) is 0 Å². The molecule has 2 aliphatic heterocycles. The topological polar surface area (TPSA) is 76.7 Å². The predicted molar refractivity (Wildman–Crippen MR) is 149 cm³/mol. The number of anilines is 1. The summed E-state index contributed by atoms with van der Waals surface area (Å²) in [6, 6.07) is 14.6. The van der Waals surface area contributed by atoms with Crippen LogP contribution in [-0.2, 0) is 15.6 Å². The fourth-order valence-corrected chi connectivity index (χ4v) is 6.68. The summed E-state index contributed by atoms with van der Waals surface area (Å²) < 4.78 is 26.4. The second-order valence-corrected chi connectivity index (χ2v) is 12.2. The molecule has 0 unspecified atom stereocenters. The summed E-state index contributed by atoms with van der Waals surface area (Å²) >= 11 is 0. The van der Waals surface area contributed by atoms with Crippen LogP contribution >= 0.6 is 0 Å². The van der Waals surface area contributed by atoms with Gasteiger partial charge in [0, 0.05) is 62.4 Å². The van der Waals surface area contributed by atoms with Crippen LogP contribution in [0, 0.1) is 13.8 Å². The van der Waals surface area contributed by atoms with Crippen LogP contribution in [0.25, 0.3) is 11.6 Å². The molecule has 0 saturated carbocycles. The number of amides is 1. The number of carbonyl (C=O) groups excluding carboxylic acids is 1. The molecular formula is C29H34N4O3S. The molecule has 2 aliphatic rings. The third-order valence-electron chi connectivity index (χ3n) is 7.49. The summed E-state index contributed by atoms with van der Waals surface area (Å²) in [6.07, 6.45) is 2.07. The summed E-state index contributed by atoms with van der Waals surface area (Å²) in [5.41, 5.74) is 7.13. The third-order valence-corrected chi connectivity index (χ3v) is 9.18. The quantitative estimate of drug-likeness (QED) is 0.553. The fraction of sp³-hybridized carbons (Fsp3) is 0.345. The highest BCUT2D eigenvalue weighted by atomic mass is 32.2. The van der Waals surface area contributed by atoms with Gasteiger partial charge in [0.05, 0.1) is 16.2 Å². The molecule has 1 saturated heterocycles. The lowest BCUT2D eigenvalue weighted by atomic mass is 10.0. The fourth-order valence-electron chi connectivity index (χ4n) is 5.31. The highest BCUT2D eigenvalue weighted by Gasteiger charge is 2.28. The third kappa shape index (κ3) is 4.95. The van der Waals surface area contributed by atoms with E-state index in [4.69, 9.17) is 0 Å². The van der Waals surface area contributed by atoms with Crippen LogP contribution < -0.4 is 4.90 Å². The standard InChI is InChI=1S/C29H34N4O3S/c1-20-26(30-21(2)28(20)29(34)33-14-12-31(3)13-15-33)16-23-18-32(4)27-11-10-24(17-25(23)27)37(35,36)19-22-8-6-5-7-9-22/h5-11,16-17,30H,12-15,18-19H2,1-4H3/b23-16+. The number of aryl methyl sites for hydroxylation is 1. The molecule has 8 heteroatoms. The summed E-state index contributed by atoms with van der Waals surface area (Å²) in [5, 5.41) is 0. The van der Waals surface area contributed by atoms with E-state index in [1.165, 1.54) is 0 Å². The first-order chi connectivity index (χ1) is 17.6. The summed E-state index contributed by atoms with van der Waals surface area (Å²) in [6.45, 7) is 7.81. The monoisotopic (exact) mass is 518 g/mol. The minimum atomic E-state index is -3.49. The molecule has 1 amide bonds. The van der Waals surface area contributed by atoms with Gasteiger partial charge in [-0.15, -0.1) is 0 Å². The van der Waals surface area contributed by atoms with Crippen LogP contribution in [0.5, 0.6) is 0 Å². The summed E-state index contributed by atoms with van der Waals surface area (Å²) in [5.74, 6) is 0.0380. The van der Waals surface area contributed by atoms with E-state index in [0.29, 0.717) is 11.4 Å². The molecule has 1 N–H and O–H groups in total. The van der Waals surface area contributed by atoms with E-state index in [9.17, 15) is 13.2 Å². The van der Waals surface area contributed by atoms with Gasteiger partial charge in [-0.25, -0.2) is 8.42 Å². The highest BCUT2D eigenvalue weighted by molar-refractivity contribution is 7.90. The lowest BCUT2D eigenvalue weighted by Gasteiger charge is -2.32. The number of aromatic amines is 1. The molecule has 3 heterocycles. The molecule has 194 valence electrons. The lowest BCUT2D eigenvalue weighted by Crippen LogP contribution is -2.47. The van der Waals surface area contributed by atoms with E-state index < -0.39 is 9.84 Å². The van der Waals surface area contributed by atoms with E-state index in [-0.39, 0.29) is 11.7 Å². The van der Waals surface area contributed by atoms with Gasteiger partial charge in [0.25, 0.3) is 5.91 Å². The second kappa shape index (κ2) is 9.84. The van der Waals surface area contributed by atoms with Gasteiger partial charge in [-0.3, -0.25) is 4.79 Å². The zero-order valence-electron chi connectivity index (χ0n) is 21.9. The molecule has 0 bridgehead atoms. The molecule has 3 aromatic rings. The minimum Gasteiger partial charge on any atom is -0.370 e. The van der Waals surface area contributed by atoms with Crippen molar-refractivity contribution in [1.29, 1.82) is 0 Å². The summed E-state index contributed by atoms with van der Waals surface area (Å²) in [7, 11) is 0.590. The highest BCUT2D eigenvalue weighted by Crippen LogP contribution is 2.38. The normalized spacial score (nSPS) is 17.5.